The van der Waals surface area contributed by atoms with Gasteiger partial charge in [0.25, 0.3) is 0 Å². The summed E-state index contributed by atoms with van der Waals surface area (Å²) in [5.41, 5.74) is 15.4. The van der Waals surface area contributed by atoms with Crippen molar-refractivity contribution in [3.63, 3.8) is 0 Å². The number of hydrogen-bond donors (Lipinski definition) is 1. The molecule has 308 valence electrons. The smallest absolute Gasteiger partial charge is 0.146 e. The maximum absolute atomic E-state index is 6.60. The number of fused-ring (bicyclic) bond motifs is 10. The van der Waals surface area contributed by atoms with Crippen LogP contribution in [0, 0.1) is 0 Å². The molecule has 4 heterocycles. The minimum Gasteiger partial charge on any atom is -0.456 e. The van der Waals surface area contributed by atoms with Gasteiger partial charge in [0.15, 0.2) is 0 Å². The first-order chi connectivity index (χ1) is 32.2. The molecule has 5 nitrogen and oxygen atoms in total. The number of rotatable bonds is 6. The molecule has 5 heteroatoms. The summed E-state index contributed by atoms with van der Waals surface area (Å²) in [7, 11) is 0. The second kappa shape index (κ2) is 15.1. The highest BCUT2D eigenvalue weighted by Gasteiger charge is 2.25. The molecule has 0 saturated heterocycles. The molecule has 65 heavy (non-hydrogen) atoms. The van der Waals surface area contributed by atoms with Gasteiger partial charge in [0.2, 0.25) is 0 Å². The zero-order valence-corrected chi connectivity index (χ0v) is 35.5. The summed E-state index contributed by atoms with van der Waals surface area (Å²) in [6, 6.07) is 76.1. The number of para-hydroxylation sites is 3. The van der Waals surface area contributed by atoms with Gasteiger partial charge in [-0.3, -0.25) is 9.56 Å². The highest BCUT2D eigenvalue weighted by Crippen LogP contribution is 2.43. The number of allylic oxidation sites excluding steroid dienone is 1. The van der Waals surface area contributed by atoms with E-state index >= 15 is 0 Å². The Labute approximate surface area is 375 Å². The first kappa shape index (κ1) is 37.2. The van der Waals surface area contributed by atoms with E-state index in [-0.39, 0.29) is 6.17 Å². The molecule has 1 atom stereocenters. The Bertz CT molecular complexity index is 3850. The zero-order chi connectivity index (χ0) is 42.8. The second-order valence-electron chi connectivity index (χ2n) is 17.0. The van der Waals surface area contributed by atoms with Gasteiger partial charge in [-0.15, -0.1) is 0 Å². The minimum absolute atomic E-state index is 0.381. The average molecular weight is 835 g/mol. The van der Waals surface area contributed by atoms with Crippen LogP contribution in [0.2, 0.25) is 0 Å². The first-order valence-electron chi connectivity index (χ1n) is 22.5. The molecular formula is C60H42N4O. The lowest BCUT2D eigenvalue weighted by molar-refractivity contribution is 0.643. The van der Waals surface area contributed by atoms with E-state index < -0.39 is 0 Å². The standard InChI is InChI=1S/C60H42N4O/c1-4-18-39(19-5-1)42-24-16-25-44(36-42)63-52-30-13-10-26-45(52)47-34-35-48-46-27-11-14-31-53(46)64(59(48)58(47)63)56-33-17-29-51(61-60(62-56)41-22-8-3-9-23-41)43-37-50(40-20-6-2-7-21-40)57-49-28-12-15-32-54(49)65-55(57)38-43/h1-16,18-28,30-38,60,62H,17,29H2/b56-33+,61-51+. The average Bonchev–Trinajstić information content (AvgIpc) is 4.03. The number of hydrogen-bond acceptors (Lipinski definition) is 3. The van der Waals surface area contributed by atoms with E-state index in [4.69, 9.17) is 9.41 Å². The van der Waals surface area contributed by atoms with Crippen molar-refractivity contribution in [2.75, 3.05) is 0 Å². The molecule has 13 rings (SSSR count). The summed E-state index contributed by atoms with van der Waals surface area (Å²) in [5, 5.41) is 11.1. The van der Waals surface area contributed by atoms with Crippen molar-refractivity contribution < 1.29 is 4.42 Å². The number of nitrogens with one attached hydrogen (secondary N) is 1. The lowest BCUT2D eigenvalue weighted by Gasteiger charge is -2.25. The summed E-state index contributed by atoms with van der Waals surface area (Å²) in [6.45, 7) is 0. The summed E-state index contributed by atoms with van der Waals surface area (Å²) in [6.07, 6.45) is 3.52. The van der Waals surface area contributed by atoms with E-state index in [0.29, 0.717) is 0 Å². The van der Waals surface area contributed by atoms with Gasteiger partial charge in [-0.25, -0.2) is 0 Å². The Morgan fingerprint density at radius 1 is 0.462 bits per heavy atom. The molecule has 0 radical (unpaired) electrons. The van der Waals surface area contributed by atoms with Crippen molar-refractivity contribution in [3.05, 3.63) is 230 Å². The van der Waals surface area contributed by atoms with Crippen LogP contribution >= 0.6 is 0 Å². The van der Waals surface area contributed by atoms with Crippen LogP contribution in [-0.4, -0.2) is 14.8 Å². The van der Waals surface area contributed by atoms with Crippen LogP contribution < -0.4 is 5.32 Å². The molecule has 0 amide bonds. The van der Waals surface area contributed by atoms with E-state index in [1.165, 1.54) is 43.7 Å². The molecule has 1 aliphatic heterocycles. The molecule has 0 aliphatic carbocycles. The van der Waals surface area contributed by atoms with E-state index in [1.807, 2.05) is 6.07 Å². The van der Waals surface area contributed by atoms with E-state index in [9.17, 15) is 0 Å². The van der Waals surface area contributed by atoms with Gasteiger partial charge in [0, 0.05) is 43.7 Å². The van der Waals surface area contributed by atoms with Crippen LogP contribution in [0.1, 0.15) is 30.1 Å². The van der Waals surface area contributed by atoms with Gasteiger partial charge >= 0.3 is 0 Å². The number of nitrogens with zero attached hydrogens (tertiary/aromatic N) is 3. The fraction of sp³-hybridized carbons (Fsp3) is 0.0500. The van der Waals surface area contributed by atoms with E-state index in [0.717, 1.165) is 85.3 Å². The Morgan fingerprint density at radius 3 is 1.80 bits per heavy atom. The first-order valence-corrected chi connectivity index (χ1v) is 22.5. The predicted molar refractivity (Wildman–Crippen MR) is 271 cm³/mol. The minimum atomic E-state index is -0.381. The Balaban J connectivity index is 1.02. The fourth-order valence-corrected chi connectivity index (χ4v) is 10.3. The Kier molecular flexibility index (Phi) is 8.66. The summed E-state index contributed by atoms with van der Waals surface area (Å²) >= 11 is 0. The SMILES string of the molecule is C1=C(/n2c3ccccc3c3ccc4c5ccccc5n(-c5cccc(-c6ccccc6)c5)c4c32)NC(c2ccccc2)/N=C(/c2cc(-c3ccccc3)c3c(c2)oc2ccccc23)CC/1. The largest absolute Gasteiger partial charge is 0.456 e. The van der Waals surface area contributed by atoms with Gasteiger partial charge in [-0.1, -0.05) is 170 Å². The number of benzene rings is 9. The van der Waals surface area contributed by atoms with Crippen molar-refractivity contribution in [2.24, 2.45) is 4.99 Å². The van der Waals surface area contributed by atoms with Gasteiger partial charge in [0.05, 0.1) is 22.1 Å². The van der Waals surface area contributed by atoms with Crippen LogP contribution in [0.15, 0.2) is 228 Å². The lowest BCUT2D eigenvalue weighted by atomic mass is 9.94. The maximum atomic E-state index is 6.60. The van der Waals surface area contributed by atoms with Crippen molar-refractivity contribution in [1.82, 2.24) is 14.5 Å². The third-order valence-corrected chi connectivity index (χ3v) is 13.2. The number of aromatic nitrogens is 2. The molecule has 0 saturated carbocycles. The van der Waals surface area contributed by atoms with Crippen LogP contribution in [0.25, 0.3) is 99.3 Å². The number of aliphatic imine (C=N–C) groups is 1. The number of furan rings is 1. The lowest BCUT2D eigenvalue weighted by Crippen LogP contribution is -2.25. The fourth-order valence-electron chi connectivity index (χ4n) is 10.3. The van der Waals surface area contributed by atoms with Gasteiger partial charge in [-0.05, 0) is 94.8 Å². The van der Waals surface area contributed by atoms with E-state index in [1.54, 1.807) is 0 Å². The van der Waals surface area contributed by atoms with E-state index in [2.05, 4.69) is 227 Å². The molecule has 1 unspecified atom stereocenters. The predicted octanol–water partition coefficient (Wildman–Crippen LogP) is 15.5. The topological polar surface area (TPSA) is 47.4 Å². The second-order valence-corrected chi connectivity index (χ2v) is 17.0. The van der Waals surface area contributed by atoms with Crippen LogP contribution in [-0.2, 0) is 0 Å². The molecule has 1 N–H and O–H groups in total. The highest BCUT2D eigenvalue weighted by atomic mass is 16.3. The Morgan fingerprint density at radius 2 is 1.06 bits per heavy atom. The normalized spacial score (nSPS) is 16.1. The van der Waals surface area contributed by atoms with Crippen molar-refractivity contribution >= 4 is 77.1 Å². The summed E-state index contributed by atoms with van der Waals surface area (Å²) in [4.78, 5) is 5.70. The van der Waals surface area contributed by atoms with Crippen LogP contribution in [0.5, 0.6) is 0 Å². The summed E-state index contributed by atoms with van der Waals surface area (Å²) in [5.74, 6) is 1.01. The van der Waals surface area contributed by atoms with Crippen LogP contribution in [0.4, 0.5) is 0 Å². The molecule has 12 aromatic rings. The molecule has 0 fully saturated rings. The third kappa shape index (κ3) is 6.11. The summed E-state index contributed by atoms with van der Waals surface area (Å²) < 4.78 is 11.5. The highest BCUT2D eigenvalue weighted by molar-refractivity contribution is 6.24. The van der Waals surface area contributed by atoms with Crippen LogP contribution in [0.3, 0.4) is 0 Å². The molecule has 3 aromatic heterocycles. The molecule has 0 spiro atoms. The molecule has 1 aliphatic rings. The molecule has 9 aromatic carbocycles. The van der Waals surface area contributed by atoms with Crippen molar-refractivity contribution in [1.29, 1.82) is 0 Å². The van der Waals surface area contributed by atoms with Crippen molar-refractivity contribution in [3.8, 4) is 27.9 Å². The molecule has 0 bridgehead atoms. The molecular weight excluding hydrogens is 793 g/mol. The van der Waals surface area contributed by atoms with Gasteiger partial charge in [-0.2, -0.15) is 0 Å². The quantitative estimate of drug-likeness (QED) is 0.181. The zero-order valence-electron chi connectivity index (χ0n) is 35.5. The third-order valence-electron chi connectivity index (χ3n) is 13.2. The monoisotopic (exact) mass is 834 g/mol. The Hall–Kier alpha value is -8.41. The van der Waals surface area contributed by atoms with Gasteiger partial charge in [0.1, 0.15) is 23.2 Å². The van der Waals surface area contributed by atoms with Gasteiger partial charge < -0.3 is 14.3 Å². The maximum Gasteiger partial charge on any atom is 0.146 e. The van der Waals surface area contributed by atoms with Crippen molar-refractivity contribution in [2.45, 2.75) is 19.0 Å².